The molecule has 0 radical (unpaired) electrons. The molecule has 1 aromatic heterocycles. The van der Waals surface area contributed by atoms with Gasteiger partial charge in [-0.15, -0.1) is 11.3 Å². The molecule has 2 aromatic rings. The van der Waals surface area contributed by atoms with Crippen molar-refractivity contribution in [3.05, 3.63) is 35.0 Å². The van der Waals surface area contributed by atoms with Gasteiger partial charge >= 0.3 is 0 Å². The molecule has 1 fully saturated rings. The lowest BCUT2D eigenvalue weighted by atomic mass is 10.1. The summed E-state index contributed by atoms with van der Waals surface area (Å²) < 4.78 is 13.0. The summed E-state index contributed by atoms with van der Waals surface area (Å²) in [4.78, 5) is 17.6. The van der Waals surface area contributed by atoms with Crippen LogP contribution in [0.4, 0.5) is 9.52 Å². The van der Waals surface area contributed by atoms with E-state index in [1.807, 2.05) is 18.7 Å². The van der Waals surface area contributed by atoms with E-state index in [9.17, 15) is 9.18 Å². The van der Waals surface area contributed by atoms with Gasteiger partial charge in [-0.1, -0.05) is 0 Å². The number of amides is 1. The number of aryl methyl sites for hydroxylation is 1. The van der Waals surface area contributed by atoms with E-state index in [1.165, 1.54) is 23.5 Å². The van der Waals surface area contributed by atoms with Crippen molar-refractivity contribution in [1.29, 1.82) is 0 Å². The number of nitrogens with one attached hydrogen (secondary N) is 2. The molecule has 1 saturated heterocycles. The molecule has 1 unspecified atom stereocenters. The SMILES string of the molecule is Cc1sc(NC(=O)CC2CSCCN2)nc1-c1ccc(F)cc1. The van der Waals surface area contributed by atoms with Gasteiger partial charge in [0.1, 0.15) is 5.82 Å². The smallest absolute Gasteiger partial charge is 0.227 e. The van der Waals surface area contributed by atoms with E-state index < -0.39 is 0 Å². The third-order valence-corrected chi connectivity index (χ3v) is 5.61. The lowest BCUT2D eigenvalue weighted by molar-refractivity contribution is -0.116. The first-order valence-electron chi connectivity index (χ1n) is 7.46. The van der Waals surface area contributed by atoms with Crippen LogP contribution < -0.4 is 10.6 Å². The van der Waals surface area contributed by atoms with Crippen LogP contribution in [0.1, 0.15) is 11.3 Å². The molecule has 1 aliphatic heterocycles. The average Bonchev–Trinajstić information content (AvgIpc) is 2.89. The second-order valence-corrected chi connectivity index (χ2v) is 7.76. The first-order chi connectivity index (χ1) is 11.1. The Morgan fingerprint density at radius 2 is 2.22 bits per heavy atom. The second-order valence-electron chi connectivity index (χ2n) is 5.41. The van der Waals surface area contributed by atoms with Gasteiger partial charge in [0.15, 0.2) is 5.13 Å². The summed E-state index contributed by atoms with van der Waals surface area (Å²) in [6.45, 7) is 2.90. The van der Waals surface area contributed by atoms with Crippen LogP contribution in [-0.2, 0) is 4.79 Å². The zero-order valence-electron chi connectivity index (χ0n) is 12.8. The van der Waals surface area contributed by atoms with E-state index in [2.05, 4.69) is 15.6 Å². The Morgan fingerprint density at radius 3 is 2.91 bits per heavy atom. The molecule has 2 heterocycles. The molecule has 1 amide bonds. The molecule has 0 aliphatic carbocycles. The van der Waals surface area contributed by atoms with E-state index >= 15 is 0 Å². The van der Waals surface area contributed by atoms with E-state index in [1.54, 1.807) is 12.1 Å². The maximum Gasteiger partial charge on any atom is 0.227 e. The largest absolute Gasteiger partial charge is 0.312 e. The zero-order valence-corrected chi connectivity index (χ0v) is 14.4. The minimum atomic E-state index is -0.270. The Kier molecular flexibility index (Phi) is 5.30. The van der Waals surface area contributed by atoms with E-state index in [0.717, 1.165) is 34.2 Å². The number of hydrogen-bond donors (Lipinski definition) is 2. The number of benzene rings is 1. The van der Waals surface area contributed by atoms with Crippen LogP contribution in [0.3, 0.4) is 0 Å². The molecular formula is C16H18FN3OS2. The topological polar surface area (TPSA) is 54.0 Å². The van der Waals surface area contributed by atoms with Gasteiger partial charge < -0.3 is 10.6 Å². The molecule has 1 aromatic carbocycles. The van der Waals surface area contributed by atoms with Gasteiger partial charge in [0, 0.05) is 41.0 Å². The van der Waals surface area contributed by atoms with Crippen molar-refractivity contribution >= 4 is 34.1 Å². The first kappa shape index (κ1) is 16.4. The van der Waals surface area contributed by atoms with E-state index in [4.69, 9.17) is 0 Å². The van der Waals surface area contributed by atoms with Gasteiger partial charge in [0.05, 0.1) is 5.69 Å². The number of carbonyl (C=O) groups excluding carboxylic acids is 1. The van der Waals surface area contributed by atoms with Crippen LogP contribution in [-0.4, -0.2) is 35.0 Å². The van der Waals surface area contributed by atoms with Gasteiger partial charge in [-0.05, 0) is 31.2 Å². The van der Waals surface area contributed by atoms with Gasteiger partial charge in [-0.25, -0.2) is 9.37 Å². The van der Waals surface area contributed by atoms with E-state index in [-0.39, 0.29) is 17.8 Å². The maximum absolute atomic E-state index is 13.0. The molecular weight excluding hydrogens is 333 g/mol. The quantitative estimate of drug-likeness (QED) is 0.887. The fraction of sp³-hybridized carbons (Fsp3) is 0.375. The summed E-state index contributed by atoms with van der Waals surface area (Å²) in [6.07, 6.45) is 0.456. The Balaban J connectivity index is 1.65. The molecule has 2 N–H and O–H groups in total. The Hall–Kier alpha value is -1.44. The van der Waals surface area contributed by atoms with E-state index in [0.29, 0.717) is 11.6 Å². The highest BCUT2D eigenvalue weighted by Gasteiger charge is 2.18. The van der Waals surface area contributed by atoms with Gasteiger partial charge in [0.25, 0.3) is 0 Å². The van der Waals surface area contributed by atoms with Crippen LogP contribution in [0.5, 0.6) is 0 Å². The summed E-state index contributed by atoms with van der Waals surface area (Å²) >= 11 is 3.31. The molecule has 0 bridgehead atoms. The van der Waals surface area contributed by atoms with Crippen molar-refractivity contribution < 1.29 is 9.18 Å². The zero-order chi connectivity index (χ0) is 16.2. The van der Waals surface area contributed by atoms with Crippen LogP contribution >= 0.6 is 23.1 Å². The molecule has 23 heavy (non-hydrogen) atoms. The van der Waals surface area contributed by atoms with Crippen LogP contribution in [0.25, 0.3) is 11.3 Å². The number of halogens is 1. The lowest BCUT2D eigenvalue weighted by Gasteiger charge is -2.22. The van der Waals surface area contributed by atoms with Crippen LogP contribution in [0.15, 0.2) is 24.3 Å². The Morgan fingerprint density at radius 1 is 1.43 bits per heavy atom. The highest BCUT2D eigenvalue weighted by atomic mass is 32.2. The number of thiazole rings is 1. The number of hydrogen-bond acceptors (Lipinski definition) is 5. The third-order valence-electron chi connectivity index (χ3n) is 3.59. The number of nitrogens with zero attached hydrogens (tertiary/aromatic N) is 1. The van der Waals surface area contributed by atoms with Crippen molar-refractivity contribution in [3.63, 3.8) is 0 Å². The van der Waals surface area contributed by atoms with Gasteiger partial charge in [-0.2, -0.15) is 11.8 Å². The minimum Gasteiger partial charge on any atom is -0.312 e. The average molecular weight is 351 g/mol. The lowest BCUT2D eigenvalue weighted by Crippen LogP contribution is -2.39. The number of rotatable bonds is 4. The predicted molar refractivity (Wildman–Crippen MR) is 94.6 cm³/mol. The third kappa shape index (κ3) is 4.31. The van der Waals surface area contributed by atoms with Gasteiger partial charge in [0.2, 0.25) is 5.91 Å². The summed E-state index contributed by atoms with van der Waals surface area (Å²) in [6, 6.07) is 6.46. The fourth-order valence-electron chi connectivity index (χ4n) is 2.47. The van der Waals surface area contributed by atoms with Crippen LogP contribution in [0.2, 0.25) is 0 Å². The second kappa shape index (κ2) is 7.42. The molecule has 0 spiro atoms. The predicted octanol–water partition coefficient (Wildman–Crippen LogP) is 3.29. The molecule has 3 rings (SSSR count). The number of anilines is 1. The molecule has 122 valence electrons. The molecule has 1 aliphatic rings. The Bertz CT molecular complexity index is 681. The van der Waals surface area contributed by atoms with Crippen molar-refractivity contribution in [2.24, 2.45) is 0 Å². The summed E-state index contributed by atoms with van der Waals surface area (Å²) in [5.41, 5.74) is 1.64. The van der Waals surface area contributed by atoms with Crippen molar-refractivity contribution in [2.75, 3.05) is 23.4 Å². The summed E-state index contributed by atoms with van der Waals surface area (Å²) in [5.74, 6) is 1.77. The number of carbonyl (C=O) groups is 1. The van der Waals surface area contributed by atoms with Gasteiger partial charge in [-0.3, -0.25) is 4.79 Å². The Labute approximate surface area is 142 Å². The molecule has 4 nitrogen and oxygen atoms in total. The first-order valence-corrected chi connectivity index (χ1v) is 9.43. The maximum atomic E-state index is 13.0. The van der Waals surface area contributed by atoms with Crippen molar-refractivity contribution in [3.8, 4) is 11.3 Å². The van der Waals surface area contributed by atoms with Crippen molar-refractivity contribution in [1.82, 2.24) is 10.3 Å². The minimum absolute atomic E-state index is 0.0237. The standard InChI is InChI=1S/C16H18FN3OS2/c1-10-15(11-2-4-12(17)5-3-11)20-16(23-10)19-14(21)8-13-9-22-7-6-18-13/h2-5,13,18H,6-9H2,1H3,(H,19,20,21). The van der Waals surface area contributed by atoms with Crippen LogP contribution in [0, 0.1) is 12.7 Å². The fourth-order valence-corrected chi connectivity index (χ4v) is 4.27. The molecule has 0 saturated carbocycles. The molecule has 1 atom stereocenters. The normalized spacial score (nSPS) is 17.9. The monoisotopic (exact) mass is 351 g/mol. The number of aromatic nitrogens is 1. The highest BCUT2D eigenvalue weighted by Crippen LogP contribution is 2.30. The summed E-state index contributed by atoms with van der Waals surface area (Å²) in [5, 5.41) is 6.82. The summed E-state index contributed by atoms with van der Waals surface area (Å²) in [7, 11) is 0. The number of thioether (sulfide) groups is 1. The van der Waals surface area contributed by atoms with Crippen molar-refractivity contribution in [2.45, 2.75) is 19.4 Å². The molecule has 7 heteroatoms. The highest BCUT2D eigenvalue weighted by molar-refractivity contribution is 7.99.